The van der Waals surface area contributed by atoms with Gasteiger partial charge in [0, 0.05) is 25.7 Å². The van der Waals surface area contributed by atoms with E-state index in [1.165, 1.54) is 135 Å². The molecule has 0 aliphatic rings. The molecule has 0 aliphatic heterocycles. The quantitative estimate of drug-likeness (QED) is 0.0128. The van der Waals surface area contributed by atoms with E-state index in [-0.39, 0.29) is 25.7 Å². The third-order valence-corrected chi connectivity index (χ3v) is 18.8. The van der Waals surface area contributed by atoms with Crippen molar-refractivity contribution in [3.8, 4) is 0 Å². The highest BCUT2D eigenvalue weighted by atomic mass is 31.2. The van der Waals surface area contributed by atoms with Gasteiger partial charge in [0.2, 0.25) is 0 Å². The lowest BCUT2D eigenvalue weighted by molar-refractivity contribution is -0.161. The van der Waals surface area contributed by atoms with Crippen molar-refractivity contribution >= 4 is 39.5 Å². The number of esters is 4. The predicted molar refractivity (Wildman–Crippen MR) is 409 cm³/mol. The molecule has 3 N–H and O–H groups in total. The van der Waals surface area contributed by atoms with E-state index in [2.05, 4.69) is 101 Å². The maximum Gasteiger partial charge on any atom is 0.472 e. The Morgan fingerprint density at radius 1 is 0.290 bits per heavy atom. The SMILES string of the molecule is CCCCC/C=C\C/C=C\C/C=C\C/C=C\CCCC(=O)O[C@H](COC(=O)CCCCCCC/C=C\CCCCCCCC)COP(=O)(O)OC[C@H](O)COP(=O)(O)OC[C@@H](COC(=O)CCCCCCC/C=C\C=C/CCCCCC)OC(=O)CCCCCCCCCCCCCCC. The van der Waals surface area contributed by atoms with E-state index in [1.54, 1.807) is 0 Å². The van der Waals surface area contributed by atoms with Crippen molar-refractivity contribution in [1.82, 2.24) is 0 Å². The number of carbonyl (C=O) groups excluding carboxylic acids is 4. The van der Waals surface area contributed by atoms with Gasteiger partial charge in [-0.05, 0) is 116 Å². The number of phosphoric ester groups is 2. The average molecular weight is 1450 g/mol. The van der Waals surface area contributed by atoms with Gasteiger partial charge in [0.05, 0.1) is 26.4 Å². The molecule has 0 heterocycles. The summed E-state index contributed by atoms with van der Waals surface area (Å²) < 4.78 is 68.5. The van der Waals surface area contributed by atoms with Crippen LogP contribution in [0.1, 0.15) is 349 Å². The third kappa shape index (κ3) is 72.6. The average Bonchev–Trinajstić information content (AvgIpc) is 0.962. The predicted octanol–water partition coefficient (Wildman–Crippen LogP) is 23.0. The Kier molecular flexibility index (Phi) is 70.8. The van der Waals surface area contributed by atoms with E-state index in [9.17, 15) is 43.2 Å². The Morgan fingerprint density at radius 2 is 0.530 bits per heavy atom. The maximum atomic E-state index is 13.1. The van der Waals surface area contributed by atoms with Gasteiger partial charge in [-0.3, -0.25) is 37.3 Å². The highest BCUT2D eigenvalue weighted by Gasteiger charge is 2.30. The summed E-state index contributed by atoms with van der Waals surface area (Å²) in [6.07, 6.45) is 75.7. The monoisotopic (exact) mass is 1450 g/mol. The van der Waals surface area contributed by atoms with Crippen LogP contribution in [0.3, 0.4) is 0 Å². The molecule has 580 valence electrons. The number of aliphatic hydroxyl groups excluding tert-OH is 1. The van der Waals surface area contributed by atoms with Gasteiger partial charge < -0.3 is 33.8 Å². The van der Waals surface area contributed by atoms with Crippen molar-refractivity contribution in [1.29, 1.82) is 0 Å². The number of allylic oxidation sites excluding steroid dienone is 14. The van der Waals surface area contributed by atoms with Crippen molar-refractivity contribution in [3.05, 3.63) is 85.1 Å². The first kappa shape index (κ1) is 96.2. The molecular formula is C81H144O17P2. The Morgan fingerprint density at radius 3 is 0.890 bits per heavy atom. The second-order valence-corrected chi connectivity index (χ2v) is 29.6. The van der Waals surface area contributed by atoms with Crippen LogP contribution in [-0.4, -0.2) is 96.7 Å². The molecule has 0 aromatic carbocycles. The fraction of sp³-hybridized carbons (Fsp3) is 0.778. The van der Waals surface area contributed by atoms with Crippen molar-refractivity contribution in [2.24, 2.45) is 0 Å². The summed E-state index contributed by atoms with van der Waals surface area (Å²) in [6, 6.07) is 0. The van der Waals surface area contributed by atoms with Gasteiger partial charge in [-0.25, -0.2) is 9.13 Å². The number of aliphatic hydroxyl groups is 1. The molecule has 0 aromatic rings. The van der Waals surface area contributed by atoms with Gasteiger partial charge in [-0.15, -0.1) is 0 Å². The van der Waals surface area contributed by atoms with Crippen LogP contribution < -0.4 is 0 Å². The van der Waals surface area contributed by atoms with Gasteiger partial charge in [0.1, 0.15) is 19.3 Å². The van der Waals surface area contributed by atoms with Crippen molar-refractivity contribution in [2.75, 3.05) is 39.6 Å². The Labute approximate surface area is 608 Å². The van der Waals surface area contributed by atoms with Crippen LogP contribution in [0.25, 0.3) is 0 Å². The molecule has 100 heavy (non-hydrogen) atoms. The molecule has 0 aliphatic carbocycles. The number of hydrogen-bond donors (Lipinski definition) is 3. The molecule has 0 saturated heterocycles. The minimum atomic E-state index is -4.99. The first-order valence-electron chi connectivity index (χ1n) is 39.8. The lowest BCUT2D eigenvalue weighted by atomic mass is 10.0. The third-order valence-electron chi connectivity index (χ3n) is 16.9. The smallest absolute Gasteiger partial charge is 0.462 e. The fourth-order valence-corrected chi connectivity index (χ4v) is 12.3. The zero-order valence-electron chi connectivity index (χ0n) is 63.4. The van der Waals surface area contributed by atoms with Gasteiger partial charge >= 0.3 is 39.5 Å². The highest BCUT2D eigenvalue weighted by Crippen LogP contribution is 2.45. The van der Waals surface area contributed by atoms with E-state index in [4.69, 9.17) is 37.0 Å². The summed E-state index contributed by atoms with van der Waals surface area (Å²) >= 11 is 0. The number of ether oxygens (including phenoxy) is 4. The second-order valence-electron chi connectivity index (χ2n) is 26.7. The summed E-state index contributed by atoms with van der Waals surface area (Å²) in [5, 5.41) is 10.6. The van der Waals surface area contributed by atoms with Gasteiger partial charge in [0.15, 0.2) is 12.2 Å². The molecule has 2 unspecified atom stereocenters. The van der Waals surface area contributed by atoms with Crippen LogP contribution >= 0.6 is 15.6 Å². The molecule has 5 atom stereocenters. The van der Waals surface area contributed by atoms with Crippen LogP contribution in [0.2, 0.25) is 0 Å². The minimum absolute atomic E-state index is 0.0191. The van der Waals surface area contributed by atoms with Crippen molar-refractivity contribution in [2.45, 2.75) is 367 Å². The topological polar surface area (TPSA) is 237 Å². The largest absolute Gasteiger partial charge is 0.472 e. The molecule has 0 fully saturated rings. The highest BCUT2D eigenvalue weighted by molar-refractivity contribution is 7.47. The van der Waals surface area contributed by atoms with Gasteiger partial charge in [-0.1, -0.05) is 293 Å². The Hall–Kier alpha value is -3.76. The molecule has 0 amide bonds. The van der Waals surface area contributed by atoms with Crippen molar-refractivity contribution < 1.29 is 80.2 Å². The summed E-state index contributed by atoms with van der Waals surface area (Å²) in [5.41, 5.74) is 0. The molecule has 0 rings (SSSR count). The first-order valence-corrected chi connectivity index (χ1v) is 42.8. The maximum absolute atomic E-state index is 13.1. The first-order chi connectivity index (χ1) is 48.7. The number of rotatable bonds is 75. The van der Waals surface area contributed by atoms with Crippen LogP contribution in [0.5, 0.6) is 0 Å². The van der Waals surface area contributed by atoms with Crippen LogP contribution in [0.15, 0.2) is 85.1 Å². The molecule has 0 spiro atoms. The summed E-state index contributed by atoms with van der Waals surface area (Å²) in [7, 11) is -9.97. The van der Waals surface area contributed by atoms with Gasteiger partial charge in [-0.2, -0.15) is 0 Å². The number of phosphoric acid groups is 2. The molecule has 17 nitrogen and oxygen atoms in total. The lowest BCUT2D eigenvalue weighted by Gasteiger charge is -2.21. The normalized spacial score (nSPS) is 14.3. The fourth-order valence-electron chi connectivity index (χ4n) is 10.7. The zero-order valence-corrected chi connectivity index (χ0v) is 65.2. The summed E-state index contributed by atoms with van der Waals surface area (Å²) in [4.78, 5) is 72.9. The number of carbonyl (C=O) groups is 4. The van der Waals surface area contributed by atoms with Crippen LogP contribution in [0.4, 0.5) is 0 Å². The molecular weight excluding hydrogens is 1310 g/mol. The van der Waals surface area contributed by atoms with E-state index < -0.39 is 97.5 Å². The van der Waals surface area contributed by atoms with Crippen LogP contribution in [0, 0.1) is 0 Å². The standard InChI is InChI=1S/C81H144O17P2/c1-5-9-13-17-21-25-29-33-36-37-40-44-48-52-56-60-64-68-81(86)98-77(72-92-79(84)66-62-58-54-50-46-43-39-35-31-27-23-19-15-11-7-3)74-96-100(89,90)94-70-75(82)69-93-99(87,88)95-73-76(97-80(85)67-63-59-55-51-47-41-32-28-24-20-16-12-8-4)71-91-78(83)65-61-57-53-49-45-42-38-34-30-26-22-18-14-10-6-2/h21,25-26,30,33-36,38-40,44,52,56,75-77,82H,5-20,22-24,27-29,31-32,37,41-43,45-51,53-55,57-74H2,1-4H3,(H,87,88)(H,89,90)/b25-21-,30-26-,36-33-,38-34-,39-35-,44-40-,56-52-/t75-,76-,77-/m1/s1. The number of hydrogen-bond acceptors (Lipinski definition) is 15. The van der Waals surface area contributed by atoms with E-state index in [0.717, 1.165) is 128 Å². The zero-order chi connectivity index (χ0) is 73.2. The molecule has 0 saturated carbocycles. The second kappa shape index (κ2) is 73.5. The van der Waals surface area contributed by atoms with Gasteiger partial charge in [0.25, 0.3) is 0 Å². The van der Waals surface area contributed by atoms with E-state index in [0.29, 0.717) is 32.1 Å². The minimum Gasteiger partial charge on any atom is -0.462 e. The summed E-state index contributed by atoms with van der Waals surface area (Å²) in [5.74, 6) is -2.24. The number of unbranched alkanes of at least 4 members (excludes halogenated alkanes) is 36. The molecule has 19 heteroatoms. The Balaban J connectivity index is 5.40. The van der Waals surface area contributed by atoms with E-state index >= 15 is 0 Å². The molecule has 0 bridgehead atoms. The van der Waals surface area contributed by atoms with Crippen molar-refractivity contribution in [3.63, 3.8) is 0 Å². The summed E-state index contributed by atoms with van der Waals surface area (Å²) in [6.45, 7) is 4.78. The van der Waals surface area contributed by atoms with E-state index in [1.807, 2.05) is 12.2 Å². The molecule has 0 radical (unpaired) electrons. The Bertz CT molecular complexity index is 2230. The lowest BCUT2D eigenvalue weighted by Crippen LogP contribution is -2.30. The molecule has 0 aromatic heterocycles. The van der Waals surface area contributed by atoms with Crippen LogP contribution in [-0.2, 0) is 65.4 Å².